The smallest absolute Gasteiger partial charge is 0.355 e. The fourth-order valence-corrected chi connectivity index (χ4v) is 3.83. The molecule has 1 saturated heterocycles. The molecule has 9 heteroatoms. The van der Waals surface area contributed by atoms with Gasteiger partial charge in [0.1, 0.15) is 0 Å². The van der Waals surface area contributed by atoms with Crippen molar-refractivity contribution in [2.45, 2.75) is 52.1 Å². The Kier molecular flexibility index (Phi) is 7.02. The number of aryl methyl sites for hydroxylation is 1. The fraction of sp³-hybridized carbons (Fsp3) is 0.500. The summed E-state index contributed by atoms with van der Waals surface area (Å²) >= 11 is 0. The molecule has 168 valence electrons. The van der Waals surface area contributed by atoms with Crippen molar-refractivity contribution in [1.29, 1.82) is 0 Å². The lowest BCUT2D eigenvalue weighted by Gasteiger charge is -2.26. The van der Waals surface area contributed by atoms with E-state index in [4.69, 9.17) is 0 Å². The second-order valence-corrected chi connectivity index (χ2v) is 7.83. The van der Waals surface area contributed by atoms with E-state index in [1.807, 2.05) is 4.90 Å². The van der Waals surface area contributed by atoms with Crippen molar-refractivity contribution in [3.8, 4) is 5.69 Å². The molecule has 0 aliphatic carbocycles. The first-order chi connectivity index (χ1) is 14.7. The summed E-state index contributed by atoms with van der Waals surface area (Å²) in [6.07, 6.45) is -0.950. The van der Waals surface area contributed by atoms with Crippen molar-refractivity contribution >= 4 is 11.8 Å². The standard InChI is InChI=1S/C22H27F3N4O2/c1-15-19(14-20(30)26-10-9-21(31)28-11-4-3-5-12-28)16(2)29(27-15)18-8-6-7-17(13-18)22(23,24)25/h6-8,13H,3-5,9-12,14H2,1-2H3,(H,26,30). The first-order valence-corrected chi connectivity index (χ1v) is 10.4. The van der Waals surface area contributed by atoms with Gasteiger partial charge in [-0.15, -0.1) is 0 Å². The fourth-order valence-electron chi connectivity index (χ4n) is 3.83. The van der Waals surface area contributed by atoms with E-state index in [1.54, 1.807) is 19.9 Å². The van der Waals surface area contributed by atoms with E-state index in [9.17, 15) is 22.8 Å². The molecule has 0 unspecified atom stereocenters. The molecular formula is C22H27F3N4O2. The van der Waals surface area contributed by atoms with E-state index in [0.29, 0.717) is 17.0 Å². The van der Waals surface area contributed by atoms with Gasteiger partial charge in [-0.05, 0) is 51.3 Å². The number of likely N-dealkylation sites (tertiary alicyclic amines) is 1. The van der Waals surface area contributed by atoms with E-state index in [0.717, 1.165) is 44.5 Å². The second kappa shape index (κ2) is 9.53. The average molecular weight is 436 g/mol. The van der Waals surface area contributed by atoms with Gasteiger partial charge in [0, 0.05) is 37.3 Å². The van der Waals surface area contributed by atoms with Crippen LogP contribution in [0.25, 0.3) is 5.69 Å². The zero-order chi connectivity index (χ0) is 22.6. The van der Waals surface area contributed by atoms with Crippen molar-refractivity contribution in [1.82, 2.24) is 20.0 Å². The maximum atomic E-state index is 13.0. The minimum absolute atomic E-state index is 0.0460. The van der Waals surface area contributed by atoms with Crippen molar-refractivity contribution in [2.24, 2.45) is 0 Å². The van der Waals surface area contributed by atoms with Crippen LogP contribution in [0.15, 0.2) is 24.3 Å². The van der Waals surface area contributed by atoms with Crippen LogP contribution in [0.5, 0.6) is 0 Å². The monoisotopic (exact) mass is 436 g/mol. The number of amides is 2. The van der Waals surface area contributed by atoms with Crippen LogP contribution < -0.4 is 5.32 Å². The lowest BCUT2D eigenvalue weighted by atomic mass is 10.1. The highest BCUT2D eigenvalue weighted by Gasteiger charge is 2.31. The molecule has 1 N–H and O–H groups in total. The molecule has 1 aromatic heterocycles. The Bertz CT molecular complexity index is 947. The maximum Gasteiger partial charge on any atom is 0.416 e. The predicted molar refractivity (Wildman–Crippen MR) is 110 cm³/mol. The number of benzene rings is 1. The van der Waals surface area contributed by atoms with Gasteiger partial charge < -0.3 is 10.2 Å². The molecule has 0 radical (unpaired) electrons. The quantitative estimate of drug-likeness (QED) is 0.753. The van der Waals surface area contributed by atoms with Gasteiger partial charge in [0.15, 0.2) is 0 Å². The van der Waals surface area contributed by atoms with Crippen molar-refractivity contribution in [3.05, 3.63) is 46.8 Å². The molecule has 0 saturated carbocycles. The normalized spacial score (nSPS) is 14.5. The third-order valence-electron chi connectivity index (χ3n) is 5.57. The number of halogens is 3. The van der Waals surface area contributed by atoms with Crippen LogP contribution in [-0.4, -0.2) is 46.1 Å². The number of carbonyl (C=O) groups is 2. The molecule has 3 rings (SSSR count). The van der Waals surface area contributed by atoms with Gasteiger partial charge in [-0.2, -0.15) is 18.3 Å². The highest BCUT2D eigenvalue weighted by atomic mass is 19.4. The van der Waals surface area contributed by atoms with Gasteiger partial charge in [0.05, 0.1) is 23.4 Å². The number of piperidine rings is 1. The van der Waals surface area contributed by atoms with E-state index >= 15 is 0 Å². The second-order valence-electron chi connectivity index (χ2n) is 7.83. The number of carbonyl (C=O) groups excluding carboxylic acids is 2. The summed E-state index contributed by atoms with van der Waals surface area (Å²) in [5.41, 5.74) is 1.38. The zero-order valence-corrected chi connectivity index (χ0v) is 17.8. The molecule has 1 fully saturated rings. The van der Waals surface area contributed by atoms with E-state index in [2.05, 4.69) is 10.4 Å². The van der Waals surface area contributed by atoms with Crippen molar-refractivity contribution in [3.63, 3.8) is 0 Å². The summed E-state index contributed by atoms with van der Waals surface area (Å²) in [6, 6.07) is 4.93. The number of alkyl halides is 3. The van der Waals surface area contributed by atoms with Gasteiger partial charge >= 0.3 is 6.18 Å². The largest absolute Gasteiger partial charge is 0.416 e. The minimum Gasteiger partial charge on any atom is -0.355 e. The number of nitrogens with one attached hydrogen (secondary N) is 1. The van der Waals surface area contributed by atoms with Gasteiger partial charge in [-0.25, -0.2) is 4.68 Å². The van der Waals surface area contributed by atoms with Crippen LogP contribution in [0.1, 0.15) is 48.2 Å². The Balaban J connectivity index is 1.62. The third-order valence-corrected chi connectivity index (χ3v) is 5.57. The van der Waals surface area contributed by atoms with E-state index < -0.39 is 11.7 Å². The topological polar surface area (TPSA) is 67.2 Å². The average Bonchev–Trinajstić information content (AvgIpc) is 3.02. The molecule has 6 nitrogen and oxygen atoms in total. The number of rotatable bonds is 6. The van der Waals surface area contributed by atoms with E-state index in [-0.39, 0.29) is 36.9 Å². The zero-order valence-electron chi connectivity index (χ0n) is 17.8. The lowest BCUT2D eigenvalue weighted by molar-refractivity contribution is -0.137. The molecule has 2 aromatic rings. The summed E-state index contributed by atoms with van der Waals surface area (Å²) in [4.78, 5) is 26.4. The van der Waals surface area contributed by atoms with Crippen LogP contribution in [0, 0.1) is 13.8 Å². The van der Waals surface area contributed by atoms with Crippen molar-refractivity contribution in [2.75, 3.05) is 19.6 Å². The molecular weight excluding hydrogens is 409 g/mol. The number of hydrogen-bond acceptors (Lipinski definition) is 3. The van der Waals surface area contributed by atoms with Gasteiger partial charge in [-0.1, -0.05) is 6.07 Å². The number of aromatic nitrogens is 2. The third kappa shape index (κ3) is 5.65. The van der Waals surface area contributed by atoms with Gasteiger partial charge in [0.25, 0.3) is 0 Å². The van der Waals surface area contributed by atoms with Crippen LogP contribution in [-0.2, 0) is 22.2 Å². The molecule has 0 atom stereocenters. The Morgan fingerprint density at radius 3 is 2.52 bits per heavy atom. The van der Waals surface area contributed by atoms with Crippen LogP contribution >= 0.6 is 0 Å². The Labute approximate surface area is 179 Å². The predicted octanol–water partition coefficient (Wildman–Crippen LogP) is 3.57. The summed E-state index contributed by atoms with van der Waals surface area (Å²) in [5.74, 6) is -0.203. The first-order valence-electron chi connectivity index (χ1n) is 10.4. The number of nitrogens with zero attached hydrogens (tertiary/aromatic N) is 3. The summed E-state index contributed by atoms with van der Waals surface area (Å²) in [6.45, 7) is 5.26. The number of hydrogen-bond donors (Lipinski definition) is 1. The van der Waals surface area contributed by atoms with Crippen LogP contribution in [0.4, 0.5) is 13.2 Å². The molecule has 0 spiro atoms. The summed E-state index contributed by atoms with van der Waals surface area (Å²) < 4.78 is 40.5. The van der Waals surface area contributed by atoms with Crippen LogP contribution in [0.2, 0.25) is 0 Å². The summed E-state index contributed by atoms with van der Waals surface area (Å²) in [5, 5.41) is 7.10. The molecule has 1 aliphatic rings. The maximum absolute atomic E-state index is 13.0. The highest BCUT2D eigenvalue weighted by molar-refractivity contribution is 5.81. The molecule has 2 heterocycles. The van der Waals surface area contributed by atoms with Gasteiger partial charge in [-0.3, -0.25) is 9.59 Å². The van der Waals surface area contributed by atoms with Gasteiger partial charge in [0.2, 0.25) is 11.8 Å². The minimum atomic E-state index is -4.44. The van der Waals surface area contributed by atoms with Crippen molar-refractivity contribution < 1.29 is 22.8 Å². The molecule has 1 aliphatic heterocycles. The molecule has 1 aromatic carbocycles. The Hall–Kier alpha value is -2.84. The summed E-state index contributed by atoms with van der Waals surface area (Å²) in [7, 11) is 0. The Morgan fingerprint density at radius 2 is 1.84 bits per heavy atom. The highest BCUT2D eigenvalue weighted by Crippen LogP contribution is 2.30. The van der Waals surface area contributed by atoms with E-state index in [1.165, 1.54) is 10.7 Å². The molecule has 2 amide bonds. The lowest BCUT2D eigenvalue weighted by Crippen LogP contribution is -2.38. The molecule has 0 bridgehead atoms. The Morgan fingerprint density at radius 1 is 1.13 bits per heavy atom. The first kappa shape index (κ1) is 22.8. The molecule has 31 heavy (non-hydrogen) atoms. The SMILES string of the molecule is Cc1nn(-c2cccc(C(F)(F)F)c2)c(C)c1CC(=O)NCCC(=O)N1CCCCC1. The van der Waals surface area contributed by atoms with Crippen LogP contribution in [0.3, 0.4) is 0 Å².